The van der Waals surface area contributed by atoms with E-state index < -0.39 is 0 Å². The van der Waals surface area contributed by atoms with Gasteiger partial charge in [0.05, 0.1) is 18.1 Å². The van der Waals surface area contributed by atoms with Crippen LogP contribution < -0.4 is 10.2 Å². The highest BCUT2D eigenvalue weighted by Crippen LogP contribution is 2.20. The van der Waals surface area contributed by atoms with E-state index in [1.54, 1.807) is 0 Å². The van der Waals surface area contributed by atoms with Crippen LogP contribution in [0.5, 0.6) is 0 Å². The Bertz CT molecular complexity index is 364. The van der Waals surface area contributed by atoms with Gasteiger partial charge in [0.1, 0.15) is 5.82 Å². The summed E-state index contributed by atoms with van der Waals surface area (Å²) in [5.41, 5.74) is 0.972. The van der Waals surface area contributed by atoms with Crippen molar-refractivity contribution < 1.29 is 0 Å². The molecule has 0 aliphatic rings. The third-order valence-corrected chi connectivity index (χ3v) is 2.65. The fraction of sp³-hybridized carbons (Fsp3) is 0.571. The molecule has 1 N–H and O–H groups in total. The predicted octanol–water partition coefficient (Wildman–Crippen LogP) is 2.38. The molecule has 0 aliphatic heterocycles. The molecule has 0 bridgehead atoms. The van der Waals surface area contributed by atoms with Gasteiger partial charge in [0.25, 0.3) is 0 Å². The largest absolute Gasteiger partial charge is 0.347 e. The maximum Gasteiger partial charge on any atom is 0.147 e. The molecule has 4 nitrogen and oxygen atoms in total. The van der Waals surface area contributed by atoms with Crippen molar-refractivity contribution in [2.75, 3.05) is 18.0 Å². The molecule has 0 radical (unpaired) electrons. The quantitative estimate of drug-likeness (QED) is 0.785. The number of hydrogen-bond donors (Lipinski definition) is 1. The van der Waals surface area contributed by atoms with Gasteiger partial charge in [-0.3, -0.25) is 4.98 Å². The standard InChI is InChI=1S/C14H24N4/c1-6-8-18(14(3,4)5)13-11-16-12(10-17-13)9-15-7-2/h6,10-11,15H,1,7-9H2,2-5H3. The van der Waals surface area contributed by atoms with Crippen molar-refractivity contribution in [3.05, 3.63) is 30.7 Å². The lowest BCUT2D eigenvalue weighted by atomic mass is 10.1. The summed E-state index contributed by atoms with van der Waals surface area (Å²) in [6, 6.07) is 0. The second kappa shape index (κ2) is 6.50. The van der Waals surface area contributed by atoms with Gasteiger partial charge in [0.15, 0.2) is 0 Å². The minimum atomic E-state index is 0.00601. The Kier molecular flexibility index (Phi) is 5.28. The zero-order valence-electron chi connectivity index (χ0n) is 11.9. The molecule has 0 fully saturated rings. The highest BCUT2D eigenvalue weighted by molar-refractivity contribution is 5.40. The van der Waals surface area contributed by atoms with Crippen molar-refractivity contribution >= 4 is 5.82 Å². The smallest absolute Gasteiger partial charge is 0.147 e. The Morgan fingerprint density at radius 2 is 2.06 bits per heavy atom. The first-order valence-corrected chi connectivity index (χ1v) is 6.39. The Labute approximate surface area is 110 Å². The average molecular weight is 248 g/mol. The number of rotatable bonds is 6. The van der Waals surface area contributed by atoms with Crippen LogP contribution in [0.2, 0.25) is 0 Å². The molecular weight excluding hydrogens is 224 g/mol. The first-order valence-electron chi connectivity index (χ1n) is 6.39. The van der Waals surface area contributed by atoms with Gasteiger partial charge in [-0.25, -0.2) is 4.98 Å². The topological polar surface area (TPSA) is 41.1 Å². The maximum absolute atomic E-state index is 4.49. The van der Waals surface area contributed by atoms with E-state index in [-0.39, 0.29) is 5.54 Å². The Morgan fingerprint density at radius 3 is 2.50 bits per heavy atom. The minimum absolute atomic E-state index is 0.00601. The van der Waals surface area contributed by atoms with Crippen LogP contribution in [0, 0.1) is 0 Å². The van der Waals surface area contributed by atoms with Crippen molar-refractivity contribution in [1.29, 1.82) is 0 Å². The van der Waals surface area contributed by atoms with Crippen molar-refractivity contribution in [1.82, 2.24) is 15.3 Å². The molecule has 0 spiro atoms. The number of nitrogens with one attached hydrogen (secondary N) is 1. The Morgan fingerprint density at radius 1 is 1.33 bits per heavy atom. The van der Waals surface area contributed by atoms with Gasteiger partial charge in [-0.1, -0.05) is 13.0 Å². The lowest BCUT2D eigenvalue weighted by Crippen LogP contribution is -2.42. The molecule has 0 atom stereocenters. The molecule has 0 aromatic carbocycles. The van der Waals surface area contributed by atoms with E-state index in [0.717, 1.165) is 31.1 Å². The minimum Gasteiger partial charge on any atom is -0.347 e. The summed E-state index contributed by atoms with van der Waals surface area (Å²) in [7, 11) is 0. The molecule has 1 rings (SSSR count). The first-order chi connectivity index (χ1) is 8.49. The van der Waals surface area contributed by atoms with Gasteiger partial charge >= 0.3 is 0 Å². The summed E-state index contributed by atoms with van der Waals surface area (Å²) in [6.07, 6.45) is 5.56. The van der Waals surface area contributed by atoms with Gasteiger partial charge < -0.3 is 10.2 Å². The number of anilines is 1. The summed E-state index contributed by atoms with van der Waals surface area (Å²) in [4.78, 5) is 11.1. The predicted molar refractivity (Wildman–Crippen MR) is 76.7 cm³/mol. The SMILES string of the molecule is C=CCN(c1cnc(CNCC)cn1)C(C)(C)C. The van der Waals surface area contributed by atoms with Crippen molar-refractivity contribution in [3.63, 3.8) is 0 Å². The van der Waals surface area contributed by atoms with Gasteiger partial charge in [0.2, 0.25) is 0 Å². The first kappa shape index (κ1) is 14.6. The van der Waals surface area contributed by atoms with Gasteiger partial charge in [-0.05, 0) is 27.3 Å². The maximum atomic E-state index is 4.49. The highest BCUT2D eigenvalue weighted by Gasteiger charge is 2.21. The van der Waals surface area contributed by atoms with E-state index in [1.807, 2.05) is 18.5 Å². The van der Waals surface area contributed by atoms with Crippen LogP contribution in [0.4, 0.5) is 5.82 Å². The molecule has 100 valence electrons. The van der Waals surface area contributed by atoms with Crippen LogP contribution in [-0.4, -0.2) is 28.6 Å². The summed E-state index contributed by atoms with van der Waals surface area (Å²) < 4.78 is 0. The van der Waals surface area contributed by atoms with Crippen LogP contribution >= 0.6 is 0 Å². The Balaban J connectivity index is 2.83. The van der Waals surface area contributed by atoms with Crippen molar-refractivity contribution in [2.45, 2.75) is 39.8 Å². The lowest BCUT2D eigenvalue weighted by Gasteiger charge is -2.35. The number of hydrogen-bond acceptors (Lipinski definition) is 4. The van der Waals surface area contributed by atoms with Crippen molar-refractivity contribution in [3.8, 4) is 0 Å². The Hall–Kier alpha value is -1.42. The molecule has 0 unspecified atom stereocenters. The molecule has 1 heterocycles. The van der Waals surface area contributed by atoms with Gasteiger partial charge in [-0.15, -0.1) is 6.58 Å². The summed E-state index contributed by atoms with van der Waals surface area (Å²) in [6.45, 7) is 14.8. The van der Waals surface area contributed by atoms with E-state index in [2.05, 4.69) is 54.5 Å². The normalized spacial score (nSPS) is 11.3. The molecule has 1 aromatic rings. The lowest BCUT2D eigenvalue weighted by molar-refractivity contribution is 0.516. The van der Waals surface area contributed by atoms with E-state index >= 15 is 0 Å². The third kappa shape index (κ3) is 4.11. The summed E-state index contributed by atoms with van der Waals surface area (Å²) in [5, 5.41) is 3.24. The van der Waals surface area contributed by atoms with Crippen LogP contribution in [0.1, 0.15) is 33.4 Å². The fourth-order valence-electron chi connectivity index (χ4n) is 1.67. The van der Waals surface area contributed by atoms with E-state index in [0.29, 0.717) is 0 Å². The summed E-state index contributed by atoms with van der Waals surface area (Å²) in [5.74, 6) is 0.891. The van der Waals surface area contributed by atoms with Gasteiger partial charge in [0, 0.05) is 18.6 Å². The average Bonchev–Trinajstić information content (AvgIpc) is 2.33. The van der Waals surface area contributed by atoms with E-state index in [4.69, 9.17) is 0 Å². The number of aromatic nitrogens is 2. The second-order valence-corrected chi connectivity index (χ2v) is 5.22. The zero-order chi connectivity index (χ0) is 13.6. The highest BCUT2D eigenvalue weighted by atomic mass is 15.2. The molecule has 0 amide bonds. The summed E-state index contributed by atoms with van der Waals surface area (Å²) >= 11 is 0. The van der Waals surface area contributed by atoms with E-state index in [9.17, 15) is 0 Å². The zero-order valence-corrected chi connectivity index (χ0v) is 11.9. The van der Waals surface area contributed by atoms with Crippen molar-refractivity contribution in [2.24, 2.45) is 0 Å². The molecule has 1 aromatic heterocycles. The fourth-order valence-corrected chi connectivity index (χ4v) is 1.67. The van der Waals surface area contributed by atoms with Crippen LogP contribution in [-0.2, 0) is 6.54 Å². The molecule has 0 saturated heterocycles. The second-order valence-electron chi connectivity index (χ2n) is 5.22. The monoisotopic (exact) mass is 248 g/mol. The molecule has 0 saturated carbocycles. The number of nitrogens with zero attached hydrogens (tertiary/aromatic N) is 3. The van der Waals surface area contributed by atoms with Crippen LogP contribution in [0.15, 0.2) is 25.0 Å². The molecular formula is C14H24N4. The van der Waals surface area contributed by atoms with Crippen LogP contribution in [0.3, 0.4) is 0 Å². The van der Waals surface area contributed by atoms with Gasteiger partial charge in [-0.2, -0.15) is 0 Å². The third-order valence-electron chi connectivity index (χ3n) is 2.65. The molecule has 0 aliphatic carbocycles. The molecule has 18 heavy (non-hydrogen) atoms. The van der Waals surface area contributed by atoms with Crippen LogP contribution in [0.25, 0.3) is 0 Å². The molecule has 4 heteroatoms. The van der Waals surface area contributed by atoms with E-state index in [1.165, 1.54) is 0 Å².